The van der Waals surface area contributed by atoms with Crippen LogP contribution in [0.2, 0.25) is 0 Å². The molecule has 0 aliphatic rings. The quantitative estimate of drug-likeness (QED) is 0.166. The van der Waals surface area contributed by atoms with Gasteiger partial charge in [0, 0.05) is 25.9 Å². The Kier molecular flexibility index (Phi) is 19.5. The number of likely N-dealkylation sites (N-methyl/N-ethyl adjacent to an activating group) is 1. The highest BCUT2D eigenvalue weighted by Crippen LogP contribution is 2.19. The number of hydrazine groups is 1. The molecule has 0 aromatic rings. The molecule has 0 bridgehead atoms. The summed E-state index contributed by atoms with van der Waals surface area (Å²) in [6, 6.07) is 0. The molecule has 0 aromatic carbocycles. The molecule has 0 radical (unpaired) electrons. The first-order chi connectivity index (χ1) is 14.5. The maximum absolute atomic E-state index is 6.10. The maximum Gasteiger partial charge on any atom is 0.0875 e. The summed E-state index contributed by atoms with van der Waals surface area (Å²) in [4.78, 5) is 0. The van der Waals surface area contributed by atoms with E-state index in [-0.39, 0.29) is 11.2 Å². The first-order valence-corrected chi connectivity index (χ1v) is 12.0. The van der Waals surface area contributed by atoms with Crippen LogP contribution in [0.1, 0.15) is 81.6 Å². The third-order valence-electron chi connectivity index (χ3n) is 4.63. The Morgan fingerprint density at radius 3 is 2.16 bits per heavy atom. The minimum absolute atomic E-state index is 0.196. The standard InChI is InChI=1S/C22H48N4O3.C2H6/c1-8-25-12-16-29-22(6,7)11-15-28-21(4,5)10-13-26(24)17-20(23)18-27-14-9-19(2)3;1-2/h17,19,25H,8-16,18,23-24H2,1-7H3;1-2H3/b20-17-;. The van der Waals surface area contributed by atoms with Gasteiger partial charge in [-0.1, -0.05) is 34.6 Å². The number of nitrogens with two attached hydrogens (primary N) is 2. The molecular formula is C24H54N4O3. The number of ether oxygens (including phenoxy) is 3. The van der Waals surface area contributed by atoms with Crippen molar-refractivity contribution in [1.29, 1.82) is 0 Å². The van der Waals surface area contributed by atoms with Gasteiger partial charge in [0.25, 0.3) is 0 Å². The van der Waals surface area contributed by atoms with Gasteiger partial charge in [0.1, 0.15) is 0 Å². The molecule has 0 heterocycles. The van der Waals surface area contributed by atoms with E-state index in [1.165, 1.54) is 0 Å². The Labute approximate surface area is 193 Å². The van der Waals surface area contributed by atoms with E-state index in [9.17, 15) is 0 Å². The second-order valence-electron chi connectivity index (χ2n) is 9.25. The molecule has 31 heavy (non-hydrogen) atoms. The Morgan fingerprint density at radius 1 is 1.00 bits per heavy atom. The van der Waals surface area contributed by atoms with Crippen molar-refractivity contribution in [2.75, 3.05) is 46.1 Å². The highest BCUT2D eigenvalue weighted by molar-refractivity contribution is 4.95. The molecule has 0 aliphatic heterocycles. The Hall–Kier alpha value is -0.860. The van der Waals surface area contributed by atoms with E-state index in [4.69, 9.17) is 25.8 Å². The van der Waals surface area contributed by atoms with E-state index in [1.807, 2.05) is 13.8 Å². The van der Waals surface area contributed by atoms with Crippen LogP contribution in [0.3, 0.4) is 0 Å². The molecule has 7 heteroatoms. The molecule has 0 aliphatic carbocycles. The Balaban J connectivity index is 0. The summed E-state index contributed by atoms with van der Waals surface area (Å²) in [6.07, 6.45) is 4.41. The van der Waals surface area contributed by atoms with Gasteiger partial charge in [-0.2, -0.15) is 0 Å². The molecule has 0 amide bonds. The predicted molar refractivity (Wildman–Crippen MR) is 133 cm³/mol. The van der Waals surface area contributed by atoms with Crippen molar-refractivity contribution in [3.63, 3.8) is 0 Å². The van der Waals surface area contributed by atoms with Crippen molar-refractivity contribution in [2.24, 2.45) is 17.5 Å². The van der Waals surface area contributed by atoms with Gasteiger partial charge >= 0.3 is 0 Å². The first-order valence-electron chi connectivity index (χ1n) is 12.0. The van der Waals surface area contributed by atoms with E-state index in [0.29, 0.717) is 44.6 Å². The molecule has 0 saturated heterocycles. The molecule has 0 atom stereocenters. The van der Waals surface area contributed by atoms with Crippen LogP contribution in [0, 0.1) is 5.92 Å². The summed E-state index contributed by atoms with van der Waals surface area (Å²) < 4.78 is 17.6. The van der Waals surface area contributed by atoms with Crippen LogP contribution in [0.25, 0.3) is 0 Å². The molecule has 5 N–H and O–H groups in total. The van der Waals surface area contributed by atoms with Gasteiger partial charge in [0.05, 0.1) is 36.7 Å². The van der Waals surface area contributed by atoms with Gasteiger partial charge in [0.2, 0.25) is 0 Å². The molecule has 0 fully saturated rings. The zero-order valence-electron chi connectivity index (χ0n) is 22.1. The largest absolute Gasteiger partial charge is 0.399 e. The van der Waals surface area contributed by atoms with Crippen molar-refractivity contribution in [2.45, 2.75) is 92.8 Å². The zero-order valence-corrected chi connectivity index (χ0v) is 22.1. The normalized spacial score (nSPS) is 12.7. The van der Waals surface area contributed by atoms with Crippen LogP contribution in [0.4, 0.5) is 0 Å². The lowest BCUT2D eigenvalue weighted by Crippen LogP contribution is -2.36. The lowest BCUT2D eigenvalue weighted by molar-refractivity contribution is -0.0746. The average Bonchev–Trinajstić information content (AvgIpc) is 2.68. The van der Waals surface area contributed by atoms with Crippen molar-refractivity contribution >= 4 is 0 Å². The molecular weight excluding hydrogens is 392 g/mol. The van der Waals surface area contributed by atoms with Crippen LogP contribution in [-0.4, -0.2) is 62.3 Å². The summed E-state index contributed by atoms with van der Waals surface area (Å²) in [5.74, 6) is 6.68. The van der Waals surface area contributed by atoms with Crippen LogP contribution < -0.4 is 16.9 Å². The van der Waals surface area contributed by atoms with Crippen molar-refractivity contribution < 1.29 is 14.2 Å². The smallest absolute Gasteiger partial charge is 0.0875 e. The lowest BCUT2D eigenvalue weighted by atomic mass is 10.0. The molecule has 0 unspecified atom stereocenters. The van der Waals surface area contributed by atoms with E-state index in [1.54, 1.807) is 11.2 Å². The maximum atomic E-state index is 6.10. The summed E-state index contributed by atoms with van der Waals surface area (Å²) in [5, 5.41) is 4.88. The molecule has 0 spiro atoms. The van der Waals surface area contributed by atoms with E-state index < -0.39 is 0 Å². The summed E-state index contributed by atoms with van der Waals surface area (Å²) >= 11 is 0. The molecule has 7 nitrogen and oxygen atoms in total. The first kappa shape index (κ1) is 32.3. The number of rotatable bonds is 18. The number of hydrogen-bond acceptors (Lipinski definition) is 7. The molecule has 0 saturated carbocycles. The highest BCUT2D eigenvalue weighted by atomic mass is 16.5. The SMILES string of the molecule is CC.CCNCCOC(C)(C)CCOC(C)(C)CCN(N)/C=C(\N)COCCC(C)C. The monoisotopic (exact) mass is 446 g/mol. The van der Waals surface area contributed by atoms with Crippen LogP contribution >= 0.6 is 0 Å². The Morgan fingerprint density at radius 2 is 1.58 bits per heavy atom. The third-order valence-corrected chi connectivity index (χ3v) is 4.63. The second kappa shape index (κ2) is 18.7. The van der Waals surface area contributed by atoms with Gasteiger partial charge in [-0.15, -0.1) is 0 Å². The van der Waals surface area contributed by atoms with E-state index in [0.717, 1.165) is 32.4 Å². The van der Waals surface area contributed by atoms with Gasteiger partial charge in [0.15, 0.2) is 0 Å². The van der Waals surface area contributed by atoms with Crippen molar-refractivity contribution in [3.05, 3.63) is 11.9 Å². The predicted octanol–water partition coefficient (Wildman–Crippen LogP) is 4.03. The third kappa shape index (κ3) is 22.1. The summed E-state index contributed by atoms with van der Waals surface area (Å²) in [6.45, 7) is 23.8. The molecule has 0 rings (SSSR count). The summed E-state index contributed by atoms with van der Waals surface area (Å²) in [7, 11) is 0. The van der Waals surface area contributed by atoms with Gasteiger partial charge in [-0.05, 0) is 59.4 Å². The number of nitrogens with one attached hydrogen (secondary N) is 1. The zero-order chi connectivity index (χ0) is 24.3. The van der Waals surface area contributed by atoms with Crippen LogP contribution in [-0.2, 0) is 14.2 Å². The fraction of sp³-hybridized carbons (Fsp3) is 0.917. The summed E-state index contributed by atoms with van der Waals surface area (Å²) in [5.41, 5.74) is 6.15. The van der Waals surface area contributed by atoms with E-state index in [2.05, 4.69) is 53.8 Å². The van der Waals surface area contributed by atoms with Crippen molar-refractivity contribution in [3.8, 4) is 0 Å². The fourth-order valence-corrected chi connectivity index (χ4v) is 2.52. The van der Waals surface area contributed by atoms with E-state index >= 15 is 0 Å². The van der Waals surface area contributed by atoms with Gasteiger partial charge < -0.3 is 30.3 Å². The second-order valence-corrected chi connectivity index (χ2v) is 9.25. The lowest BCUT2D eigenvalue weighted by Gasteiger charge is -2.30. The minimum Gasteiger partial charge on any atom is -0.399 e. The Bertz CT molecular complexity index is 441. The number of hydrogen-bond donors (Lipinski definition) is 3. The van der Waals surface area contributed by atoms with Crippen LogP contribution in [0.5, 0.6) is 0 Å². The highest BCUT2D eigenvalue weighted by Gasteiger charge is 2.23. The fourth-order valence-electron chi connectivity index (χ4n) is 2.52. The minimum atomic E-state index is -0.270. The van der Waals surface area contributed by atoms with Gasteiger partial charge in [-0.25, -0.2) is 5.84 Å². The average molecular weight is 447 g/mol. The van der Waals surface area contributed by atoms with Gasteiger partial charge in [-0.3, -0.25) is 0 Å². The van der Waals surface area contributed by atoms with Crippen molar-refractivity contribution in [1.82, 2.24) is 10.3 Å². The molecule has 0 aromatic heterocycles. The topological polar surface area (TPSA) is 95.0 Å². The molecule has 188 valence electrons. The van der Waals surface area contributed by atoms with Crippen LogP contribution in [0.15, 0.2) is 11.9 Å². The number of nitrogens with zero attached hydrogens (tertiary/aromatic N) is 1.